The Balaban J connectivity index is 1.98. The molecule has 1 atom stereocenters. The molecule has 1 aromatic heterocycles. The fourth-order valence-corrected chi connectivity index (χ4v) is 2.36. The smallest absolute Gasteiger partial charge is 0.271 e. The number of allylic oxidation sites excluding steroid dienone is 2. The first kappa shape index (κ1) is 13.8. The highest BCUT2D eigenvalue weighted by molar-refractivity contribution is 5.92. The number of H-pyrrole nitrogens is 1. The van der Waals surface area contributed by atoms with Gasteiger partial charge in [0.2, 0.25) is 0 Å². The summed E-state index contributed by atoms with van der Waals surface area (Å²) in [4.78, 5) is 14.2. The third-order valence-electron chi connectivity index (χ3n) is 3.44. The summed E-state index contributed by atoms with van der Waals surface area (Å²) in [6.45, 7) is 1.96. The van der Waals surface area contributed by atoms with Crippen LogP contribution < -0.4 is 0 Å². The molecule has 0 spiro atoms. The summed E-state index contributed by atoms with van der Waals surface area (Å²) in [6, 6.07) is 1.71. The fourth-order valence-electron chi connectivity index (χ4n) is 2.36. The topological polar surface area (TPSA) is 58.2 Å². The molecule has 1 N–H and O–H groups in total. The lowest BCUT2D eigenvalue weighted by Crippen LogP contribution is -2.38. The van der Waals surface area contributed by atoms with Crippen molar-refractivity contribution in [3.8, 4) is 0 Å². The summed E-state index contributed by atoms with van der Waals surface area (Å²) >= 11 is 0. The van der Waals surface area contributed by atoms with Crippen LogP contribution in [-0.4, -0.2) is 47.8 Å². The number of nitrogens with zero attached hydrogens (tertiary/aromatic N) is 2. The fraction of sp³-hybridized carbons (Fsp3) is 0.571. The Hall–Kier alpha value is -1.62. The van der Waals surface area contributed by atoms with Crippen LogP contribution in [0.15, 0.2) is 24.4 Å². The van der Waals surface area contributed by atoms with Crippen LogP contribution in [0.5, 0.6) is 0 Å². The molecule has 0 saturated heterocycles. The van der Waals surface area contributed by atoms with E-state index < -0.39 is 0 Å². The lowest BCUT2D eigenvalue weighted by atomic mass is 9.94. The molecule has 0 fully saturated rings. The molecule has 19 heavy (non-hydrogen) atoms. The number of methoxy groups -OCH3 is 1. The lowest BCUT2D eigenvalue weighted by Gasteiger charge is -2.27. The zero-order chi connectivity index (χ0) is 13.5. The molecule has 1 aromatic rings. The van der Waals surface area contributed by atoms with Gasteiger partial charge in [0, 0.05) is 26.4 Å². The molecular weight excluding hydrogens is 242 g/mol. The van der Waals surface area contributed by atoms with Crippen molar-refractivity contribution in [3.63, 3.8) is 0 Å². The molecular formula is C14H21N3O2. The number of hydrogen-bond donors (Lipinski definition) is 1. The predicted molar refractivity (Wildman–Crippen MR) is 72.8 cm³/mol. The van der Waals surface area contributed by atoms with Crippen molar-refractivity contribution in [3.05, 3.63) is 30.1 Å². The highest BCUT2D eigenvalue weighted by Crippen LogP contribution is 2.20. The largest absolute Gasteiger partial charge is 0.383 e. The van der Waals surface area contributed by atoms with Gasteiger partial charge in [0.15, 0.2) is 0 Å². The summed E-state index contributed by atoms with van der Waals surface area (Å²) in [7, 11) is 1.65. The average Bonchev–Trinajstić information content (AvgIpc) is 2.98. The van der Waals surface area contributed by atoms with Gasteiger partial charge in [-0.2, -0.15) is 5.10 Å². The van der Waals surface area contributed by atoms with Gasteiger partial charge >= 0.3 is 0 Å². The first-order chi connectivity index (χ1) is 9.31. The minimum Gasteiger partial charge on any atom is -0.383 e. The molecule has 0 bridgehead atoms. The molecule has 0 saturated carbocycles. The highest BCUT2D eigenvalue weighted by atomic mass is 16.5. The van der Waals surface area contributed by atoms with Gasteiger partial charge in [0.25, 0.3) is 5.91 Å². The Kier molecular flexibility index (Phi) is 5.15. The average molecular weight is 263 g/mol. The second-order valence-corrected chi connectivity index (χ2v) is 4.86. The lowest BCUT2D eigenvalue weighted by molar-refractivity contribution is 0.0652. The van der Waals surface area contributed by atoms with E-state index in [1.165, 1.54) is 0 Å². The Morgan fingerprint density at radius 3 is 3.11 bits per heavy atom. The van der Waals surface area contributed by atoms with Crippen LogP contribution in [0, 0.1) is 5.92 Å². The summed E-state index contributed by atoms with van der Waals surface area (Å²) in [5.74, 6) is 0.554. The van der Waals surface area contributed by atoms with Crippen molar-refractivity contribution in [2.24, 2.45) is 5.92 Å². The van der Waals surface area contributed by atoms with Crippen molar-refractivity contribution >= 4 is 5.91 Å². The van der Waals surface area contributed by atoms with Gasteiger partial charge in [0.1, 0.15) is 5.69 Å². The van der Waals surface area contributed by atoms with Crippen LogP contribution in [0.25, 0.3) is 0 Å². The first-order valence-electron chi connectivity index (χ1n) is 6.74. The molecule has 5 heteroatoms. The Labute approximate surface area is 113 Å². The molecule has 1 heterocycles. The number of carbonyl (C=O) groups is 1. The SMILES string of the molecule is COCCN(CC1CC=CCC1)C(=O)c1ccn[nH]1. The third-order valence-corrected chi connectivity index (χ3v) is 3.44. The predicted octanol–water partition coefficient (Wildman–Crippen LogP) is 1.85. The van der Waals surface area contributed by atoms with Crippen LogP contribution >= 0.6 is 0 Å². The maximum atomic E-state index is 12.4. The van der Waals surface area contributed by atoms with Crippen molar-refractivity contribution in [1.82, 2.24) is 15.1 Å². The van der Waals surface area contributed by atoms with Gasteiger partial charge in [-0.05, 0) is 31.2 Å². The van der Waals surface area contributed by atoms with E-state index in [9.17, 15) is 4.79 Å². The minimum absolute atomic E-state index is 0.00380. The Morgan fingerprint density at radius 2 is 2.47 bits per heavy atom. The van der Waals surface area contributed by atoms with E-state index in [0.29, 0.717) is 24.8 Å². The highest BCUT2D eigenvalue weighted by Gasteiger charge is 2.21. The van der Waals surface area contributed by atoms with Gasteiger partial charge in [-0.15, -0.1) is 0 Å². The molecule has 5 nitrogen and oxygen atoms in total. The normalized spacial score (nSPS) is 18.5. The number of aromatic nitrogens is 2. The van der Waals surface area contributed by atoms with Gasteiger partial charge in [-0.25, -0.2) is 0 Å². The van der Waals surface area contributed by atoms with Gasteiger partial charge in [-0.3, -0.25) is 9.89 Å². The molecule has 1 aliphatic carbocycles. The molecule has 0 aromatic carbocycles. The van der Waals surface area contributed by atoms with Crippen LogP contribution in [0.2, 0.25) is 0 Å². The van der Waals surface area contributed by atoms with E-state index >= 15 is 0 Å². The zero-order valence-corrected chi connectivity index (χ0v) is 11.3. The minimum atomic E-state index is 0.00380. The number of rotatable bonds is 6. The van der Waals surface area contributed by atoms with Crippen molar-refractivity contribution in [1.29, 1.82) is 0 Å². The summed E-state index contributed by atoms with van der Waals surface area (Å²) < 4.78 is 5.10. The maximum absolute atomic E-state index is 12.4. The number of hydrogen-bond acceptors (Lipinski definition) is 3. The van der Waals surface area contributed by atoms with Gasteiger partial charge in [0.05, 0.1) is 6.61 Å². The molecule has 104 valence electrons. The number of amides is 1. The third kappa shape index (κ3) is 3.92. The van der Waals surface area contributed by atoms with E-state index in [-0.39, 0.29) is 5.91 Å². The van der Waals surface area contributed by atoms with E-state index in [2.05, 4.69) is 22.3 Å². The quantitative estimate of drug-likeness (QED) is 0.797. The monoisotopic (exact) mass is 263 g/mol. The molecule has 0 aliphatic heterocycles. The van der Waals surface area contributed by atoms with Crippen LogP contribution in [-0.2, 0) is 4.74 Å². The van der Waals surface area contributed by atoms with E-state index in [1.54, 1.807) is 19.4 Å². The second kappa shape index (κ2) is 7.09. The number of nitrogens with one attached hydrogen (secondary N) is 1. The van der Waals surface area contributed by atoms with Crippen LogP contribution in [0.3, 0.4) is 0 Å². The molecule has 0 radical (unpaired) electrons. The summed E-state index contributed by atoms with van der Waals surface area (Å²) in [5.41, 5.74) is 0.544. The number of carbonyl (C=O) groups excluding carboxylic acids is 1. The molecule has 2 rings (SSSR count). The summed E-state index contributed by atoms with van der Waals surface area (Å²) in [5, 5.41) is 6.57. The summed E-state index contributed by atoms with van der Waals surface area (Å²) in [6.07, 6.45) is 9.35. The van der Waals surface area contributed by atoms with E-state index in [0.717, 1.165) is 25.8 Å². The Bertz CT molecular complexity index is 414. The van der Waals surface area contributed by atoms with Crippen LogP contribution in [0.1, 0.15) is 29.8 Å². The zero-order valence-electron chi connectivity index (χ0n) is 11.3. The van der Waals surface area contributed by atoms with E-state index in [4.69, 9.17) is 4.74 Å². The molecule has 1 unspecified atom stereocenters. The molecule has 1 aliphatic rings. The number of aromatic amines is 1. The Morgan fingerprint density at radius 1 is 1.58 bits per heavy atom. The standard InChI is InChI=1S/C14H21N3O2/c1-19-10-9-17(11-12-5-3-2-4-6-12)14(18)13-7-8-15-16-13/h2-3,7-8,12H,4-6,9-11H2,1H3,(H,15,16). The first-order valence-corrected chi connectivity index (χ1v) is 6.74. The number of ether oxygens (including phenoxy) is 1. The van der Waals surface area contributed by atoms with Crippen LogP contribution in [0.4, 0.5) is 0 Å². The van der Waals surface area contributed by atoms with Gasteiger partial charge in [-0.1, -0.05) is 12.2 Å². The second-order valence-electron chi connectivity index (χ2n) is 4.86. The maximum Gasteiger partial charge on any atom is 0.271 e. The van der Waals surface area contributed by atoms with Crippen molar-refractivity contribution < 1.29 is 9.53 Å². The molecule has 1 amide bonds. The van der Waals surface area contributed by atoms with Crippen molar-refractivity contribution in [2.45, 2.75) is 19.3 Å². The van der Waals surface area contributed by atoms with Gasteiger partial charge < -0.3 is 9.64 Å². The van der Waals surface area contributed by atoms with E-state index in [1.807, 2.05) is 4.90 Å². The van der Waals surface area contributed by atoms with Crippen molar-refractivity contribution in [2.75, 3.05) is 26.8 Å².